The zero-order valence-corrected chi connectivity index (χ0v) is 9.01. The third-order valence-electron chi connectivity index (χ3n) is 2.38. The Hall–Kier alpha value is -2.17. The van der Waals surface area contributed by atoms with Crippen LogP contribution in [0.1, 0.15) is 11.1 Å². The molecule has 0 saturated carbocycles. The van der Waals surface area contributed by atoms with Crippen molar-refractivity contribution < 1.29 is 14.3 Å². The summed E-state index contributed by atoms with van der Waals surface area (Å²) in [7, 11) is 0. The van der Waals surface area contributed by atoms with E-state index in [2.05, 4.69) is 4.98 Å². The van der Waals surface area contributed by atoms with Crippen molar-refractivity contribution in [2.45, 2.75) is 13.0 Å². The van der Waals surface area contributed by atoms with Crippen LogP contribution in [0.2, 0.25) is 0 Å². The zero-order chi connectivity index (χ0) is 12.3. The van der Waals surface area contributed by atoms with Crippen LogP contribution in [0.5, 0.6) is 0 Å². The van der Waals surface area contributed by atoms with Gasteiger partial charge in [-0.3, -0.25) is 4.79 Å². The first-order chi connectivity index (χ1) is 8.15. The monoisotopic (exact) mass is 234 g/mol. The van der Waals surface area contributed by atoms with Gasteiger partial charge < -0.3 is 9.67 Å². The van der Waals surface area contributed by atoms with Gasteiger partial charge in [-0.2, -0.15) is 0 Å². The number of hydrogen-bond donors (Lipinski definition) is 1. The Balaban J connectivity index is 2.17. The predicted octanol–water partition coefficient (Wildman–Crippen LogP) is 1.70. The quantitative estimate of drug-likeness (QED) is 0.875. The number of hydrogen-bond acceptors (Lipinski definition) is 2. The fraction of sp³-hybridized carbons (Fsp3) is 0.167. The number of nitrogens with zero attached hydrogens (tertiary/aromatic N) is 2. The lowest BCUT2D eigenvalue weighted by Gasteiger charge is -2.05. The number of aliphatic carboxylic acids is 1. The Bertz CT molecular complexity index is 523. The van der Waals surface area contributed by atoms with Crippen molar-refractivity contribution in [3.8, 4) is 0 Å². The van der Waals surface area contributed by atoms with E-state index in [1.807, 2.05) is 0 Å². The third kappa shape index (κ3) is 2.90. The van der Waals surface area contributed by atoms with Crippen LogP contribution in [0.4, 0.5) is 4.39 Å². The minimum Gasteiger partial charge on any atom is -0.481 e. The summed E-state index contributed by atoms with van der Waals surface area (Å²) in [5.41, 5.74) is 0.974. The van der Waals surface area contributed by atoms with Crippen molar-refractivity contribution in [3.05, 3.63) is 53.9 Å². The van der Waals surface area contributed by atoms with Gasteiger partial charge in [0.05, 0.1) is 19.3 Å². The fourth-order valence-electron chi connectivity index (χ4n) is 1.58. The number of imidazole rings is 1. The van der Waals surface area contributed by atoms with Gasteiger partial charge in [0.15, 0.2) is 0 Å². The van der Waals surface area contributed by atoms with E-state index in [1.165, 1.54) is 6.07 Å². The van der Waals surface area contributed by atoms with Crippen LogP contribution in [0.15, 0.2) is 36.9 Å². The topological polar surface area (TPSA) is 55.1 Å². The van der Waals surface area contributed by atoms with Crippen molar-refractivity contribution in [2.24, 2.45) is 0 Å². The third-order valence-corrected chi connectivity index (χ3v) is 2.38. The minimum atomic E-state index is -0.966. The highest BCUT2D eigenvalue weighted by Gasteiger charge is 2.06. The normalized spacial score (nSPS) is 10.4. The first-order valence-electron chi connectivity index (χ1n) is 5.10. The summed E-state index contributed by atoms with van der Waals surface area (Å²) >= 11 is 0. The molecule has 0 aliphatic rings. The van der Waals surface area contributed by atoms with Gasteiger partial charge in [0, 0.05) is 18.0 Å². The molecule has 0 bridgehead atoms. The molecular weight excluding hydrogens is 223 g/mol. The molecule has 17 heavy (non-hydrogen) atoms. The molecule has 88 valence electrons. The lowest BCUT2D eigenvalue weighted by molar-refractivity contribution is -0.136. The Morgan fingerprint density at radius 2 is 2.29 bits per heavy atom. The lowest BCUT2D eigenvalue weighted by Crippen LogP contribution is -2.03. The highest BCUT2D eigenvalue weighted by Crippen LogP contribution is 2.12. The molecule has 0 fully saturated rings. The molecule has 0 spiro atoms. The summed E-state index contributed by atoms with van der Waals surface area (Å²) in [4.78, 5) is 14.4. The molecule has 4 nitrogen and oxygen atoms in total. The van der Waals surface area contributed by atoms with Crippen LogP contribution in [0.25, 0.3) is 0 Å². The number of halogens is 1. The lowest BCUT2D eigenvalue weighted by atomic mass is 10.1. The molecular formula is C12H11FN2O2. The maximum absolute atomic E-state index is 13.7. The summed E-state index contributed by atoms with van der Waals surface area (Å²) in [6.07, 6.45) is 4.80. The summed E-state index contributed by atoms with van der Waals surface area (Å²) < 4.78 is 15.4. The van der Waals surface area contributed by atoms with Gasteiger partial charge in [-0.05, 0) is 11.6 Å². The molecule has 1 heterocycles. The second-order valence-electron chi connectivity index (χ2n) is 3.73. The first-order valence-corrected chi connectivity index (χ1v) is 5.10. The molecule has 0 saturated heterocycles. The predicted molar refractivity (Wildman–Crippen MR) is 59.1 cm³/mol. The number of carboxylic acids is 1. The Morgan fingerprint density at radius 3 is 2.88 bits per heavy atom. The van der Waals surface area contributed by atoms with E-state index in [-0.39, 0.29) is 6.42 Å². The van der Waals surface area contributed by atoms with Crippen molar-refractivity contribution in [2.75, 3.05) is 0 Å². The second-order valence-corrected chi connectivity index (χ2v) is 3.73. The van der Waals surface area contributed by atoms with E-state index in [4.69, 9.17) is 5.11 Å². The van der Waals surface area contributed by atoms with Crippen LogP contribution >= 0.6 is 0 Å². The van der Waals surface area contributed by atoms with Crippen LogP contribution in [-0.4, -0.2) is 20.6 Å². The van der Waals surface area contributed by atoms with Crippen molar-refractivity contribution in [1.29, 1.82) is 0 Å². The Morgan fingerprint density at radius 1 is 1.47 bits per heavy atom. The van der Waals surface area contributed by atoms with Gasteiger partial charge in [0.25, 0.3) is 0 Å². The van der Waals surface area contributed by atoms with Gasteiger partial charge in [0.1, 0.15) is 5.82 Å². The molecule has 0 radical (unpaired) electrons. The molecule has 1 aromatic heterocycles. The maximum Gasteiger partial charge on any atom is 0.307 e. The number of carbonyl (C=O) groups is 1. The van der Waals surface area contributed by atoms with Crippen molar-refractivity contribution >= 4 is 5.97 Å². The van der Waals surface area contributed by atoms with Crippen LogP contribution in [0, 0.1) is 5.82 Å². The highest BCUT2D eigenvalue weighted by atomic mass is 19.1. The van der Waals surface area contributed by atoms with Crippen molar-refractivity contribution in [1.82, 2.24) is 9.55 Å². The average Bonchev–Trinajstić information content (AvgIpc) is 2.74. The number of benzene rings is 1. The zero-order valence-electron chi connectivity index (χ0n) is 9.01. The summed E-state index contributed by atoms with van der Waals surface area (Å²) in [6.45, 7) is 0.388. The van der Waals surface area contributed by atoms with Crippen molar-refractivity contribution in [3.63, 3.8) is 0 Å². The largest absolute Gasteiger partial charge is 0.481 e. The van der Waals surface area contributed by atoms with E-state index in [0.29, 0.717) is 17.7 Å². The second kappa shape index (κ2) is 4.78. The number of aromatic nitrogens is 2. The van der Waals surface area contributed by atoms with Crippen LogP contribution < -0.4 is 0 Å². The smallest absolute Gasteiger partial charge is 0.307 e. The molecule has 0 aliphatic carbocycles. The average molecular weight is 234 g/mol. The van der Waals surface area contributed by atoms with E-state index < -0.39 is 11.8 Å². The molecule has 0 aliphatic heterocycles. The SMILES string of the molecule is O=C(O)Cc1ccc(Cn2ccnc2)c(F)c1. The summed E-state index contributed by atoms with van der Waals surface area (Å²) in [6, 6.07) is 4.50. The van der Waals surface area contributed by atoms with E-state index in [0.717, 1.165) is 0 Å². The van der Waals surface area contributed by atoms with E-state index >= 15 is 0 Å². The molecule has 5 heteroatoms. The van der Waals surface area contributed by atoms with Gasteiger partial charge in [0.2, 0.25) is 0 Å². The fourth-order valence-corrected chi connectivity index (χ4v) is 1.58. The molecule has 0 amide bonds. The standard InChI is InChI=1S/C12H11FN2O2/c13-11-5-9(6-12(16)17)1-2-10(11)7-15-4-3-14-8-15/h1-5,8H,6-7H2,(H,16,17). The number of rotatable bonds is 4. The molecule has 0 unspecified atom stereocenters. The van der Waals surface area contributed by atoms with Gasteiger partial charge in [-0.15, -0.1) is 0 Å². The molecule has 1 N–H and O–H groups in total. The Kier molecular flexibility index (Phi) is 3.18. The van der Waals surface area contributed by atoms with E-state index in [1.54, 1.807) is 35.4 Å². The Labute approximate surface area is 97.3 Å². The van der Waals surface area contributed by atoms with E-state index in [9.17, 15) is 9.18 Å². The molecule has 0 atom stereocenters. The minimum absolute atomic E-state index is 0.164. The molecule has 2 rings (SSSR count). The van der Waals surface area contributed by atoms with Gasteiger partial charge in [-0.1, -0.05) is 12.1 Å². The number of carboxylic acid groups (broad SMARTS) is 1. The highest BCUT2D eigenvalue weighted by molar-refractivity contribution is 5.70. The van der Waals surface area contributed by atoms with Gasteiger partial charge in [-0.25, -0.2) is 9.37 Å². The van der Waals surface area contributed by atoms with Gasteiger partial charge >= 0.3 is 5.97 Å². The molecule has 2 aromatic rings. The maximum atomic E-state index is 13.7. The molecule has 1 aromatic carbocycles. The van der Waals surface area contributed by atoms with Crippen LogP contribution in [-0.2, 0) is 17.8 Å². The van der Waals surface area contributed by atoms with Crippen LogP contribution in [0.3, 0.4) is 0 Å². The first kappa shape index (κ1) is 11.3. The summed E-state index contributed by atoms with van der Waals surface area (Å²) in [5, 5.41) is 8.60. The summed E-state index contributed by atoms with van der Waals surface area (Å²) in [5.74, 6) is -1.36.